The summed E-state index contributed by atoms with van der Waals surface area (Å²) in [5.41, 5.74) is 7.81. The number of fused-ring (bicyclic) bond motifs is 1. The quantitative estimate of drug-likeness (QED) is 0.257. The lowest BCUT2D eigenvalue weighted by atomic mass is 9.98. The highest BCUT2D eigenvalue weighted by molar-refractivity contribution is 7.98. The van der Waals surface area contributed by atoms with Gasteiger partial charge in [0, 0.05) is 30.1 Å². The number of aliphatic carboxylic acids is 1. The van der Waals surface area contributed by atoms with E-state index in [1.54, 1.807) is 6.20 Å². The van der Waals surface area contributed by atoms with E-state index >= 15 is 0 Å². The fourth-order valence-corrected chi connectivity index (χ4v) is 5.23. The summed E-state index contributed by atoms with van der Waals surface area (Å²) in [6.07, 6.45) is 5.96. The number of carboxylic acids is 1. The summed E-state index contributed by atoms with van der Waals surface area (Å²) < 4.78 is 0. The number of nitrogens with two attached hydrogens (primary N) is 1. The van der Waals surface area contributed by atoms with Crippen LogP contribution < -0.4 is 16.4 Å². The van der Waals surface area contributed by atoms with Gasteiger partial charge in [0.2, 0.25) is 17.7 Å². The lowest BCUT2D eigenvalue weighted by molar-refractivity contribution is -0.143. The second kappa shape index (κ2) is 13.7. The number of aromatic amines is 1. The van der Waals surface area contributed by atoms with E-state index in [-0.39, 0.29) is 18.2 Å². The van der Waals surface area contributed by atoms with Crippen LogP contribution in [0.2, 0.25) is 0 Å². The van der Waals surface area contributed by atoms with Gasteiger partial charge in [0.05, 0.1) is 6.04 Å². The number of H-pyrrole nitrogens is 1. The lowest BCUT2D eigenvalue weighted by Crippen LogP contribution is -2.57. The number of carbonyl (C=O) groups excluding carboxylic acids is 3. The van der Waals surface area contributed by atoms with Crippen LogP contribution in [-0.4, -0.2) is 81.4 Å². The maximum atomic E-state index is 13.3. The molecule has 0 spiro atoms. The number of benzene rings is 1. The molecule has 208 valence electrons. The fourth-order valence-electron chi connectivity index (χ4n) is 4.76. The number of nitrogens with one attached hydrogen (secondary N) is 3. The number of amides is 3. The smallest absolute Gasteiger partial charge is 0.326 e. The minimum absolute atomic E-state index is 0.0167. The van der Waals surface area contributed by atoms with Crippen LogP contribution in [0.25, 0.3) is 10.9 Å². The van der Waals surface area contributed by atoms with Gasteiger partial charge in [-0.2, -0.15) is 11.8 Å². The van der Waals surface area contributed by atoms with Crippen molar-refractivity contribution in [2.75, 3.05) is 18.6 Å². The molecular formula is C27H39N5O5S. The first-order valence-electron chi connectivity index (χ1n) is 13.1. The lowest BCUT2D eigenvalue weighted by Gasteiger charge is -2.30. The highest BCUT2D eigenvalue weighted by atomic mass is 32.2. The second-order valence-corrected chi connectivity index (χ2v) is 10.9. The first-order chi connectivity index (χ1) is 18.2. The predicted octanol–water partition coefficient (Wildman–Crippen LogP) is 1.88. The topological polar surface area (TPSA) is 158 Å². The molecule has 6 N–H and O–H groups in total. The normalized spacial score (nSPS) is 18.5. The standard InChI is InChI=1S/C27H39N5O5S/c1-4-16(2)23(28)26(35)32-12-7-10-22(32)25(34)30-20(11-13-38-3)24(33)31-21(27(36)37)14-17-15-29-19-9-6-5-8-18(17)19/h5-6,8-9,15-16,20-23,29H,4,7,10-14,28H2,1-3H3,(H,30,34)(H,31,33)(H,36,37). The SMILES string of the molecule is CCC(C)C(N)C(=O)N1CCCC1C(=O)NC(CCSC)C(=O)NC(Cc1c[nH]c2ccccc12)C(=O)O. The zero-order valence-electron chi connectivity index (χ0n) is 22.2. The first-order valence-corrected chi connectivity index (χ1v) is 14.5. The number of carbonyl (C=O) groups is 4. The van der Waals surface area contributed by atoms with Gasteiger partial charge in [-0.3, -0.25) is 14.4 Å². The summed E-state index contributed by atoms with van der Waals surface area (Å²) in [7, 11) is 0. The van der Waals surface area contributed by atoms with E-state index in [0.717, 1.165) is 22.9 Å². The Balaban J connectivity index is 1.70. The maximum Gasteiger partial charge on any atom is 0.326 e. The molecule has 11 heteroatoms. The van der Waals surface area contributed by atoms with Crippen LogP contribution in [0.1, 0.15) is 45.1 Å². The number of hydrogen-bond acceptors (Lipinski definition) is 6. The number of likely N-dealkylation sites (tertiary alicyclic amines) is 1. The zero-order chi connectivity index (χ0) is 27.8. The maximum absolute atomic E-state index is 13.3. The molecule has 1 aromatic carbocycles. The van der Waals surface area contributed by atoms with E-state index in [2.05, 4.69) is 15.6 Å². The number of carboxylic acid groups (broad SMARTS) is 1. The molecule has 10 nitrogen and oxygen atoms in total. The van der Waals surface area contributed by atoms with E-state index < -0.39 is 42.0 Å². The predicted molar refractivity (Wildman–Crippen MR) is 149 cm³/mol. The molecule has 2 heterocycles. The van der Waals surface area contributed by atoms with Gasteiger partial charge in [-0.1, -0.05) is 38.5 Å². The van der Waals surface area contributed by atoms with Crippen molar-refractivity contribution in [1.29, 1.82) is 0 Å². The Kier molecular flexibility index (Phi) is 10.6. The molecule has 0 aliphatic carbocycles. The van der Waals surface area contributed by atoms with Crippen molar-refractivity contribution < 1.29 is 24.3 Å². The number of rotatable bonds is 13. The molecule has 3 rings (SSSR count). The highest BCUT2D eigenvalue weighted by Crippen LogP contribution is 2.22. The molecule has 1 aliphatic rings. The largest absolute Gasteiger partial charge is 0.480 e. The molecule has 3 amide bonds. The fraction of sp³-hybridized carbons (Fsp3) is 0.556. The van der Waals surface area contributed by atoms with Crippen molar-refractivity contribution in [3.05, 3.63) is 36.0 Å². The highest BCUT2D eigenvalue weighted by Gasteiger charge is 2.38. The summed E-state index contributed by atoms with van der Waals surface area (Å²) in [4.78, 5) is 56.2. The Morgan fingerprint density at radius 2 is 1.95 bits per heavy atom. The van der Waals surface area contributed by atoms with Gasteiger partial charge in [-0.25, -0.2) is 4.79 Å². The van der Waals surface area contributed by atoms with E-state index in [1.807, 2.05) is 44.4 Å². The van der Waals surface area contributed by atoms with Gasteiger partial charge in [0.25, 0.3) is 0 Å². The van der Waals surface area contributed by atoms with Crippen molar-refractivity contribution in [3.63, 3.8) is 0 Å². The van der Waals surface area contributed by atoms with Crippen LogP contribution in [0.15, 0.2) is 30.5 Å². The van der Waals surface area contributed by atoms with Crippen LogP contribution in [0.4, 0.5) is 0 Å². The van der Waals surface area contributed by atoms with Gasteiger partial charge >= 0.3 is 5.97 Å². The van der Waals surface area contributed by atoms with Gasteiger partial charge in [-0.15, -0.1) is 0 Å². The van der Waals surface area contributed by atoms with Crippen LogP contribution in [0.3, 0.4) is 0 Å². The Hall–Kier alpha value is -3.05. The zero-order valence-corrected chi connectivity index (χ0v) is 23.1. The molecule has 2 aromatic rings. The molecule has 0 saturated carbocycles. The second-order valence-electron chi connectivity index (χ2n) is 9.91. The van der Waals surface area contributed by atoms with Crippen molar-refractivity contribution in [1.82, 2.24) is 20.5 Å². The van der Waals surface area contributed by atoms with Crippen LogP contribution in [-0.2, 0) is 25.6 Å². The molecule has 5 atom stereocenters. The van der Waals surface area contributed by atoms with Gasteiger partial charge < -0.3 is 31.4 Å². The molecule has 5 unspecified atom stereocenters. The van der Waals surface area contributed by atoms with E-state index in [1.165, 1.54) is 16.7 Å². The third kappa shape index (κ3) is 7.08. The molecule has 1 aromatic heterocycles. The number of aromatic nitrogens is 1. The van der Waals surface area contributed by atoms with Crippen LogP contribution in [0.5, 0.6) is 0 Å². The minimum Gasteiger partial charge on any atom is -0.480 e. The summed E-state index contributed by atoms with van der Waals surface area (Å²) >= 11 is 1.52. The van der Waals surface area contributed by atoms with E-state index in [9.17, 15) is 24.3 Å². The Morgan fingerprint density at radius 1 is 1.21 bits per heavy atom. The molecule has 1 fully saturated rings. The van der Waals surface area contributed by atoms with Gasteiger partial charge in [0.1, 0.15) is 18.1 Å². The number of hydrogen-bond donors (Lipinski definition) is 5. The third-order valence-corrected chi connectivity index (χ3v) is 7.98. The monoisotopic (exact) mass is 545 g/mol. The van der Waals surface area contributed by atoms with Crippen molar-refractivity contribution in [3.8, 4) is 0 Å². The minimum atomic E-state index is -1.17. The third-order valence-electron chi connectivity index (χ3n) is 7.34. The molecule has 1 aliphatic heterocycles. The first kappa shape index (κ1) is 29.5. The molecule has 0 bridgehead atoms. The molecular weight excluding hydrogens is 506 g/mol. The Labute approximate surface area is 227 Å². The summed E-state index contributed by atoms with van der Waals surface area (Å²) in [6.45, 7) is 4.31. The van der Waals surface area contributed by atoms with Crippen molar-refractivity contribution >= 4 is 46.4 Å². The Morgan fingerprint density at radius 3 is 2.63 bits per heavy atom. The number of thioether (sulfide) groups is 1. The van der Waals surface area contributed by atoms with E-state index in [4.69, 9.17) is 5.73 Å². The van der Waals surface area contributed by atoms with Crippen molar-refractivity contribution in [2.45, 2.75) is 70.1 Å². The summed E-state index contributed by atoms with van der Waals surface area (Å²) in [5, 5.41) is 16.2. The Bertz CT molecular complexity index is 1140. The van der Waals surface area contributed by atoms with Crippen LogP contribution >= 0.6 is 11.8 Å². The summed E-state index contributed by atoms with van der Waals surface area (Å²) in [6, 6.07) is 4.05. The average molecular weight is 546 g/mol. The van der Waals surface area contributed by atoms with Crippen LogP contribution in [0, 0.1) is 5.92 Å². The molecule has 1 saturated heterocycles. The van der Waals surface area contributed by atoms with E-state index in [0.29, 0.717) is 31.6 Å². The molecule has 38 heavy (non-hydrogen) atoms. The van der Waals surface area contributed by atoms with Gasteiger partial charge in [-0.05, 0) is 48.8 Å². The van der Waals surface area contributed by atoms with Crippen molar-refractivity contribution in [2.24, 2.45) is 11.7 Å². The molecule has 0 radical (unpaired) electrons. The average Bonchev–Trinajstić information content (AvgIpc) is 3.56. The summed E-state index contributed by atoms with van der Waals surface area (Å²) in [5.74, 6) is -1.83. The van der Waals surface area contributed by atoms with Gasteiger partial charge in [0.15, 0.2) is 0 Å². The number of para-hydroxylation sites is 1. The number of nitrogens with zero attached hydrogens (tertiary/aromatic N) is 1.